The Labute approximate surface area is 171 Å². The summed E-state index contributed by atoms with van der Waals surface area (Å²) in [5.41, 5.74) is 2.91. The van der Waals surface area contributed by atoms with Crippen molar-refractivity contribution in [2.24, 2.45) is 11.8 Å². The molecule has 1 aromatic carbocycles. The molecule has 0 N–H and O–H groups in total. The van der Waals surface area contributed by atoms with Crippen LogP contribution in [0.3, 0.4) is 0 Å². The molecule has 2 aliphatic rings. The summed E-state index contributed by atoms with van der Waals surface area (Å²) in [5, 5.41) is 0. The van der Waals surface area contributed by atoms with Gasteiger partial charge in [-0.25, -0.2) is 0 Å². The van der Waals surface area contributed by atoms with Crippen LogP contribution >= 0.6 is 0 Å². The third-order valence-electron chi connectivity index (χ3n) is 7.24. The Bertz CT molecular complexity index is 572. The van der Waals surface area contributed by atoms with E-state index in [4.69, 9.17) is 0 Å². The van der Waals surface area contributed by atoms with E-state index in [1.54, 1.807) is 0 Å². The molecule has 2 nitrogen and oxygen atoms in total. The number of benzene rings is 1. The monoisotopic (exact) mass is 382 g/mol. The first-order chi connectivity index (χ1) is 13.6. The van der Waals surface area contributed by atoms with Gasteiger partial charge in [-0.05, 0) is 87.2 Å². The predicted molar refractivity (Wildman–Crippen MR) is 116 cm³/mol. The molecular weight excluding hydrogens is 344 g/mol. The molecule has 0 saturated heterocycles. The van der Waals surface area contributed by atoms with Gasteiger partial charge < -0.3 is 0 Å². The Morgan fingerprint density at radius 1 is 0.643 bits per heavy atom. The normalized spacial score (nSPS) is 28.1. The zero-order valence-electron chi connectivity index (χ0n) is 17.9. The molecule has 0 unspecified atom stereocenters. The molecule has 0 radical (unpaired) electrons. The number of hydrogen-bond donors (Lipinski definition) is 0. The van der Waals surface area contributed by atoms with Crippen molar-refractivity contribution in [3.8, 4) is 0 Å². The summed E-state index contributed by atoms with van der Waals surface area (Å²) >= 11 is 0. The lowest BCUT2D eigenvalue weighted by molar-refractivity contribution is -0.124. The Morgan fingerprint density at radius 3 is 1.25 bits per heavy atom. The van der Waals surface area contributed by atoms with Crippen LogP contribution in [0.2, 0.25) is 0 Å². The maximum absolute atomic E-state index is 12.1. The highest BCUT2D eigenvalue weighted by Gasteiger charge is 2.28. The standard InChI is InChI=1S/C26H38O2/c1-3-5-25(27)23-15-11-21(12-16-23)19-7-9-20(10-8-19)22-13-17-24(18-14-22)26(28)6-4-2/h7-10,21-24H,3-6,11-18H2,1-2H3. The number of carbonyl (C=O) groups is 2. The SMILES string of the molecule is CCCC(=O)C1CCC(c2ccc(C3CCC(C(=O)CCC)CC3)cc2)CC1. The minimum atomic E-state index is 0.320. The third-order valence-corrected chi connectivity index (χ3v) is 7.24. The molecule has 28 heavy (non-hydrogen) atoms. The van der Waals surface area contributed by atoms with E-state index in [-0.39, 0.29) is 0 Å². The van der Waals surface area contributed by atoms with E-state index < -0.39 is 0 Å². The van der Waals surface area contributed by atoms with Gasteiger partial charge in [0.15, 0.2) is 0 Å². The van der Waals surface area contributed by atoms with Crippen LogP contribution < -0.4 is 0 Å². The fourth-order valence-electron chi connectivity index (χ4n) is 5.44. The Balaban J connectivity index is 1.50. The van der Waals surface area contributed by atoms with Crippen molar-refractivity contribution < 1.29 is 9.59 Å². The van der Waals surface area contributed by atoms with Crippen LogP contribution in [0.25, 0.3) is 0 Å². The maximum atomic E-state index is 12.1. The summed E-state index contributed by atoms with van der Waals surface area (Å²) in [6.45, 7) is 4.20. The van der Waals surface area contributed by atoms with E-state index in [2.05, 4.69) is 38.1 Å². The van der Waals surface area contributed by atoms with Crippen molar-refractivity contribution in [2.45, 2.75) is 103 Å². The second-order valence-corrected chi connectivity index (χ2v) is 9.20. The topological polar surface area (TPSA) is 34.1 Å². The lowest BCUT2D eigenvalue weighted by atomic mass is 9.75. The van der Waals surface area contributed by atoms with Gasteiger partial charge in [-0.1, -0.05) is 38.1 Å². The molecule has 0 aromatic heterocycles. The van der Waals surface area contributed by atoms with Crippen LogP contribution in [-0.2, 0) is 9.59 Å². The van der Waals surface area contributed by atoms with Crippen LogP contribution in [-0.4, -0.2) is 11.6 Å². The first kappa shape index (κ1) is 21.3. The highest BCUT2D eigenvalue weighted by Crippen LogP contribution is 2.39. The summed E-state index contributed by atoms with van der Waals surface area (Å²) in [5.74, 6) is 2.88. The summed E-state index contributed by atoms with van der Waals surface area (Å²) in [4.78, 5) is 24.3. The van der Waals surface area contributed by atoms with Crippen LogP contribution in [0, 0.1) is 11.8 Å². The molecule has 2 heteroatoms. The molecule has 0 amide bonds. The molecule has 2 fully saturated rings. The molecule has 2 saturated carbocycles. The summed E-state index contributed by atoms with van der Waals surface area (Å²) < 4.78 is 0. The van der Waals surface area contributed by atoms with Gasteiger partial charge in [-0.3, -0.25) is 9.59 Å². The van der Waals surface area contributed by atoms with Gasteiger partial charge >= 0.3 is 0 Å². The van der Waals surface area contributed by atoms with Gasteiger partial charge in [-0.15, -0.1) is 0 Å². The van der Waals surface area contributed by atoms with Crippen molar-refractivity contribution in [3.05, 3.63) is 35.4 Å². The number of rotatable bonds is 8. The molecule has 0 bridgehead atoms. The first-order valence-electron chi connectivity index (χ1n) is 11.8. The van der Waals surface area contributed by atoms with E-state index in [0.29, 0.717) is 35.2 Å². The molecule has 3 rings (SSSR count). The highest BCUT2D eigenvalue weighted by atomic mass is 16.1. The Morgan fingerprint density at radius 2 is 0.964 bits per heavy atom. The van der Waals surface area contributed by atoms with Gasteiger partial charge in [0.05, 0.1) is 0 Å². The minimum Gasteiger partial charge on any atom is -0.299 e. The lowest BCUT2D eigenvalue weighted by Crippen LogP contribution is -2.21. The van der Waals surface area contributed by atoms with Gasteiger partial charge in [0.1, 0.15) is 11.6 Å². The van der Waals surface area contributed by atoms with Gasteiger partial charge in [0, 0.05) is 24.7 Å². The molecule has 0 heterocycles. The zero-order chi connectivity index (χ0) is 19.9. The van der Waals surface area contributed by atoms with E-state index >= 15 is 0 Å². The van der Waals surface area contributed by atoms with Gasteiger partial charge in [0.2, 0.25) is 0 Å². The maximum Gasteiger partial charge on any atom is 0.135 e. The Kier molecular flexibility index (Phi) is 7.88. The largest absolute Gasteiger partial charge is 0.299 e. The molecule has 2 aliphatic carbocycles. The van der Waals surface area contributed by atoms with E-state index in [0.717, 1.165) is 77.0 Å². The average molecular weight is 383 g/mol. The van der Waals surface area contributed by atoms with Crippen molar-refractivity contribution in [2.75, 3.05) is 0 Å². The second-order valence-electron chi connectivity index (χ2n) is 9.20. The van der Waals surface area contributed by atoms with Crippen molar-refractivity contribution in [1.82, 2.24) is 0 Å². The van der Waals surface area contributed by atoms with Crippen molar-refractivity contribution >= 4 is 11.6 Å². The number of Topliss-reactive ketones (excluding diaryl/α,β-unsaturated/α-hetero) is 2. The van der Waals surface area contributed by atoms with E-state index in [9.17, 15) is 9.59 Å². The lowest BCUT2D eigenvalue weighted by Gasteiger charge is -2.29. The third kappa shape index (κ3) is 5.33. The summed E-state index contributed by atoms with van der Waals surface area (Å²) in [6.07, 6.45) is 12.4. The van der Waals surface area contributed by atoms with Gasteiger partial charge in [0.25, 0.3) is 0 Å². The van der Waals surface area contributed by atoms with E-state index in [1.165, 1.54) is 11.1 Å². The number of ketones is 2. The average Bonchev–Trinajstić information content (AvgIpc) is 2.74. The smallest absolute Gasteiger partial charge is 0.135 e. The Hall–Kier alpha value is -1.44. The quantitative estimate of drug-likeness (QED) is 0.486. The van der Waals surface area contributed by atoms with Crippen LogP contribution in [0.1, 0.15) is 114 Å². The highest BCUT2D eigenvalue weighted by molar-refractivity contribution is 5.81. The number of hydrogen-bond acceptors (Lipinski definition) is 2. The molecule has 0 spiro atoms. The van der Waals surface area contributed by atoms with Crippen molar-refractivity contribution in [1.29, 1.82) is 0 Å². The fraction of sp³-hybridized carbons (Fsp3) is 0.692. The van der Waals surface area contributed by atoms with Crippen LogP contribution in [0.4, 0.5) is 0 Å². The molecule has 0 aliphatic heterocycles. The minimum absolute atomic E-state index is 0.320. The second kappa shape index (κ2) is 10.4. The summed E-state index contributed by atoms with van der Waals surface area (Å²) in [6, 6.07) is 9.34. The first-order valence-corrected chi connectivity index (χ1v) is 11.8. The summed E-state index contributed by atoms with van der Waals surface area (Å²) in [7, 11) is 0. The fourth-order valence-corrected chi connectivity index (χ4v) is 5.44. The van der Waals surface area contributed by atoms with Crippen molar-refractivity contribution in [3.63, 3.8) is 0 Å². The predicted octanol–water partition coefficient (Wildman–Crippen LogP) is 6.97. The molecular formula is C26H38O2. The molecule has 0 atom stereocenters. The van der Waals surface area contributed by atoms with Crippen LogP contribution in [0.5, 0.6) is 0 Å². The van der Waals surface area contributed by atoms with Gasteiger partial charge in [-0.2, -0.15) is 0 Å². The molecule has 154 valence electrons. The van der Waals surface area contributed by atoms with Crippen LogP contribution in [0.15, 0.2) is 24.3 Å². The number of carbonyl (C=O) groups excluding carboxylic acids is 2. The molecule has 1 aromatic rings. The zero-order valence-corrected chi connectivity index (χ0v) is 17.9. The van der Waals surface area contributed by atoms with E-state index in [1.807, 2.05) is 0 Å².